The van der Waals surface area contributed by atoms with Crippen LogP contribution in [0, 0.1) is 5.92 Å². The maximum absolute atomic E-state index is 11.7. The normalized spacial score (nSPS) is 23.3. The van der Waals surface area contributed by atoms with E-state index in [2.05, 4.69) is 15.1 Å². The third-order valence-corrected chi connectivity index (χ3v) is 4.06. The largest absolute Gasteiger partial charge is 0.468 e. The average molecular weight is 269 g/mol. The molecule has 1 aliphatic heterocycles. The van der Waals surface area contributed by atoms with Crippen LogP contribution in [0.5, 0.6) is 0 Å². The molecule has 0 spiro atoms. The topological polar surface area (TPSA) is 44.8 Å². The van der Waals surface area contributed by atoms with Crippen LogP contribution in [-0.2, 0) is 9.53 Å². The average Bonchev–Trinajstić information content (AvgIpc) is 3.23. The second kappa shape index (κ2) is 7.22. The van der Waals surface area contributed by atoms with E-state index >= 15 is 0 Å². The molecule has 0 amide bonds. The summed E-state index contributed by atoms with van der Waals surface area (Å²) in [5.41, 5.74) is 0. The minimum atomic E-state index is -0.190. The lowest BCUT2D eigenvalue weighted by molar-refractivity contribution is -0.143. The number of likely N-dealkylation sites (N-methyl/N-ethyl adjacent to an activating group) is 1. The van der Waals surface area contributed by atoms with Crippen LogP contribution in [-0.4, -0.2) is 74.7 Å². The first-order valence-electron chi connectivity index (χ1n) is 7.48. The number of esters is 1. The second-order valence-electron chi connectivity index (χ2n) is 5.68. The highest BCUT2D eigenvalue weighted by molar-refractivity contribution is 5.75. The number of carbonyl (C=O) groups excluding carboxylic acids is 1. The minimum absolute atomic E-state index is 0.151. The Labute approximate surface area is 116 Å². The van der Waals surface area contributed by atoms with E-state index in [9.17, 15) is 4.79 Å². The van der Waals surface area contributed by atoms with Gasteiger partial charge < -0.3 is 15.0 Å². The highest BCUT2D eigenvalue weighted by atomic mass is 16.5. The van der Waals surface area contributed by atoms with Crippen molar-refractivity contribution in [1.29, 1.82) is 0 Å². The maximum atomic E-state index is 11.7. The molecule has 0 aromatic heterocycles. The molecule has 5 heteroatoms. The van der Waals surface area contributed by atoms with Crippen molar-refractivity contribution in [3.8, 4) is 0 Å². The number of rotatable bonds is 7. The Morgan fingerprint density at radius 3 is 2.42 bits per heavy atom. The molecule has 1 heterocycles. The molecule has 2 aliphatic rings. The van der Waals surface area contributed by atoms with E-state index in [0.29, 0.717) is 0 Å². The Morgan fingerprint density at radius 2 is 1.89 bits per heavy atom. The fraction of sp³-hybridized carbons (Fsp3) is 0.929. The maximum Gasteiger partial charge on any atom is 0.324 e. The zero-order valence-corrected chi connectivity index (χ0v) is 12.2. The van der Waals surface area contributed by atoms with Gasteiger partial charge in [-0.1, -0.05) is 6.92 Å². The van der Waals surface area contributed by atoms with Crippen LogP contribution in [0.4, 0.5) is 0 Å². The van der Waals surface area contributed by atoms with Gasteiger partial charge in [0.2, 0.25) is 0 Å². The number of methoxy groups -OCH3 is 1. The highest BCUT2D eigenvalue weighted by Crippen LogP contribution is 2.29. The fourth-order valence-corrected chi connectivity index (χ4v) is 2.69. The van der Waals surface area contributed by atoms with Gasteiger partial charge in [0.05, 0.1) is 7.11 Å². The number of hydrogen-bond donors (Lipinski definition) is 1. The first kappa shape index (κ1) is 14.8. The molecule has 0 radical (unpaired) electrons. The Kier molecular flexibility index (Phi) is 5.60. The smallest absolute Gasteiger partial charge is 0.324 e. The Bertz CT molecular complexity index is 286. The molecule has 1 saturated carbocycles. The van der Waals surface area contributed by atoms with Crippen molar-refractivity contribution in [1.82, 2.24) is 15.1 Å². The van der Waals surface area contributed by atoms with Crippen molar-refractivity contribution in [2.45, 2.75) is 25.8 Å². The van der Waals surface area contributed by atoms with Gasteiger partial charge in [-0.3, -0.25) is 9.69 Å². The molecule has 110 valence electrons. The summed E-state index contributed by atoms with van der Waals surface area (Å²) < 4.78 is 4.85. The zero-order chi connectivity index (χ0) is 13.7. The third kappa shape index (κ3) is 4.75. The van der Waals surface area contributed by atoms with Crippen LogP contribution in [0.2, 0.25) is 0 Å². The van der Waals surface area contributed by atoms with Gasteiger partial charge in [0.1, 0.15) is 6.04 Å². The Balaban J connectivity index is 1.71. The van der Waals surface area contributed by atoms with E-state index in [1.807, 2.05) is 6.92 Å². The molecular formula is C14H27N3O2. The molecule has 0 aromatic rings. The highest BCUT2D eigenvalue weighted by Gasteiger charge is 2.28. The van der Waals surface area contributed by atoms with Crippen LogP contribution in [0.25, 0.3) is 0 Å². The summed E-state index contributed by atoms with van der Waals surface area (Å²) in [7, 11) is 1.46. The van der Waals surface area contributed by atoms with Gasteiger partial charge in [0.25, 0.3) is 0 Å². The number of ether oxygens (including phenoxy) is 1. The zero-order valence-electron chi connectivity index (χ0n) is 12.2. The molecule has 5 nitrogen and oxygen atoms in total. The Morgan fingerprint density at radius 1 is 1.26 bits per heavy atom. The molecule has 1 saturated heterocycles. The summed E-state index contributed by atoms with van der Waals surface area (Å²) in [5.74, 6) is 0.818. The monoisotopic (exact) mass is 269 g/mol. The molecule has 1 N–H and O–H groups in total. The minimum Gasteiger partial charge on any atom is -0.468 e. The second-order valence-corrected chi connectivity index (χ2v) is 5.68. The van der Waals surface area contributed by atoms with Crippen molar-refractivity contribution in [3.05, 3.63) is 0 Å². The number of piperazine rings is 1. The molecule has 19 heavy (non-hydrogen) atoms. The fourth-order valence-electron chi connectivity index (χ4n) is 2.69. The Hall–Kier alpha value is -0.650. The lowest BCUT2D eigenvalue weighted by Crippen LogP contribution is -2.53. The van der Waals surface area contributed by atoms with Gasteiger partial charge >= 0.3 is 5.97 Å². The lowest BCUT2D eigenvalue weighted by atomic mass is 10.2. The van der Waals surface area contributed by atoms with Crippen molar-refractivity contribution in [2.75, 3.05) is 52.9 Å². The summed E-state index contributed by atoms with van der Waals surface area (Å²) in [6, 6.07) is -0.190. The third-order valence-electron chi connectivity index (χ3n) is 4.06. The van der Waals surface area contributed by atoms with Crippen LogP contribution < -0.4 is 5.32 Å². The van der Waals surface area contributed by atoms with E-state index in [4.69, 9.17) is 4.74 Å². The van der Waals surface area contributed by atoms with Crippen LogP contribution in [0.1, 0.15) is 19.8 Å². The summed E-state index contributed by atoms with van der Waals surface area (Å²) >= 11 is 0. The summed E-state index contributed by atoms with van der Waals surface area (Å²) in [6.07, 6.45) is 2.84. The predicted octanol–water partition coefficient (Wildman–Crippen LogP) is 0.165. The summed E-state index contributed by atoms with van der Waals surface area (Å²) in [6.45, 7) is 9.24. The van der Waals surface area contributed by atoms with E-state index in [0.717, 1.165) is 45.2 Å². The van der Waals surface area contributed by atoms with Crippen LogP contribution in [0.15, 0.2) is 0 Å². The van der Waals surface area contributed by atoms with Gasteiger partial charge in [-0.05, 0) is 25.3 Å². The molecule has 2 fully saturated rings. The molecule has 1 aliphatic carbocycles. The number of nitrogens with one attached hydrogen (secondary N) is 1. The molecular weight excluding hydrogens is 242 g/mol. The van der Waals surface area contributed by atoms with Crippen molar-refractivity contribution >= 4 is 5.97 Å². The molecule has 0 aromatic carbocycles. The van der Waals surface area contributed by atoms with Crippen LogP contribution >= 0.6 is 0 Å². The van der Waals surface area contributed by atoms with Gasteiger partial charge in [0.15, 0.2) is 0 Å². The molecule has 1 atom stereocenters. The first-order chi connectivity index (χ1) is 9.22. The first-order valence-corrected chi connectivity index (χ1v) is 7.48. The van der Waals surface area contributed by atoms with E-state index in [-0.39, 0.29) is 12.0 Å². The van der Waals surface area contributed by atoms with E-state index < -0.39 is 0 Å². The van der Waals surface area contributed by atoms with Crippen molar-refractivity contribution < 1.29 is 9.53 Å². The van der Waals surface area contributed by atoms with Crippen molar-refractivity contribution in [2.24, 2.45) is 5.92 Å². The van der Waals surface area contributed by atoms with Crippen LogP contribution in [0.3, 0.4) is 0 Å². The van der Waals surface area contributed by atoms with Gasteiger partial charge in [0, 0.05) is 39.3 Å². The number of hydrogen-bond acceptors (Lipinski definition) is 5. The molecule has 1 unspecified atom stereocenters. The molecule has 0 bridgehead atoms. The van der Waals surface area contributed by atoms with Crippen molar-refractivity contribution in [3.63, 3.8) is 0 Å². The predicted molar refractivity (Wildman–Crippen MR) is 75.1 cm³/mol. The van der Waals surface area contributed by atoms with E-state index in [1.165, 1.54) is 26.5 Å². The van der Waals surface area contributed by atoms with Gasteiger partial charge in [-0.2, -0.15) is 0 Å². The number of carbonyl (C=O) groups is 1. The van der Waals surface area contributed by atoms with Gasteiger partial charge in [-0.25, -0.2) is 0 Å². The lowest BCUT2D eigenvalue weighted by Gasteiger charge is -2.36. The molecule has 2 rings (SSSR count). The SMILES string of the molecule is CCNC(CN1CCN(CC2CC2)CC1)C(=O)OC. The summed E-state index contributed by atoms with van der Waals surface area (Å²) in [5, 5.41) is 3.20. The standard InChI is InChI=1S/C14H27N3O2/c1-3-15-13(14(18)19-2)11-17-8-6-16(7-9-17)10-12-4-5-12/h12-13,15H,3-11H2,1-2H3. The number of nitrogens with zero attached hydrogens (tertiary/aromatic N) is 2. The van der Waals surface area contributed by atoms with E-state index in [1.54, 1.807) is 0 Å². The summed E-state index contributed by atoms with van der Waals surface area (Å²) in [4.78, 5) is 16.6. The quantitative estimate of drug-likeness (QED) is 0.667. The van der Waals surface area contributed by atoms with Gasteiger partial charge in [-0.15, -0.1) is 0 Å².